The van der Waals surface area contributed by atoms with E-state index >= 15 is 0 Å². The predicted octanol–water partition coefficient (Wildman–Crippen LogP) is 6.52. The molecule has 0 radical (unpaired) electrons. The molecule has 0 saturated carbocycles. The van der Waals surface area contributed by atoms with Gasteiger partial charge in [-0.05, 0) is 24.5 Å². The summed E-state index contributed by atoms with van der Waals surface area (Å²) < 4.78 is 12.3. The third kappa shape index (κ3) is 10.3. The van der Waals surface area contributed by atoms with Gasteiger partial charge < -0.3 is 14.0 Å². The van der Waals surface area contributed by atoms with Gasteiger partial charge in [0.25, 0.3) is 0 Å². The minimum Gasteiger partial charge on any atom is -0.455 e. The first kappa shape index (κ1) is 25.9. The molecule has 4 nitrogen and oxygen atoms in total. The summed E-state index contributed by atoms with van der Waals surface area (Å²) in [6.07, 6.45) is 8.38. The van der Waals surface area contributed by atoms with Crippen LogP contribution in [0.2, 0.25) is 0 Å². The minimum atomic E-state index is -0.599. The summed E-state index contributed by atoms with van der Waals surface area (Å²) in [6, 6.07) is 18.5. The number of carbonyl (C=O) groups excluding carboxylic acids is 1. The second-order valence-electron chi connectivity index (χ2n) is 9.35. The SMILES string of the molecule is CCCCCCCCc1ccccc1OC(C)OC(=O)CC[N+](C)(C)Cc1ccccc1. The highest BCUT2D eigenvalue weighted by Gasteiger charge is 2.20. The maximum atomic E-state index is 12.4. The monoisotopic (exact) mass is 440 g/mol. The van der Waals surface area contributed by atoms with E-state index in [4.69, 9.17) is 9.47 Å². The van der Waals surface area contributed by atoms with E-state index < -0.39 is 6.29 Å². The Balaban J connectivity index is 1.75. The van der Waals surface area contributed by atoms with Crippen LogP contribution in [-0.4, -0.2) is 37.4 Å². The Morgan fingerprint density at radius 2 is 1.56 bits per heavy atom. The Morgan fingerprint density at radius 1 is 0.906 bits per heavy atom. The van der Waals surface area contributed by atoms with Crippen molar-refractivity contribution >= 4 is 5.97 Å². The zero-order chi connectivity index (χ0) is 23.2. The smallest absolute Gasteiger partial charge is 0.314 e. The van der Waals surface area contributed by atoms with Crippen molar-refractivity contribution < 1.29 is 18.8 Å². The molecule has 0 spiro atoms. The van der Waals surface area contributed by atoms with Crippen LogP contribution in [0.5, 0.6) is 5.75 Å². The number of rotatable bonds is 15. The van der Waals surface area contributed by atoms with Gasteiger partial charge in [0.15, 0.2) is 0 Å². The summed E-state index contributed by atoms with van der Waals surface area (Å²) in [4.78, 5) is 12.4. The number of carbonyl (C=O) groups is 1. The van der Waals surface area contributed by atoms with Crippen LogP contribution in [0.3, 0.4) is 0 Å². The van der Waals surface area contributed by atoms with E-state index in [9.17, 15) is 4.79 Å². The number of hydrogen-bond donors (Lipinski definition) is 0. The molecule has 0 heterocycles. The number of nitrogens with zero attached hydrogens (tertiary/aromatic N) is 1. The fraction of sp³-hybridized carbons (Fsp3) is 0.536. The molecule has 1 unspecified atom stereocenters. The summed E-state index contributed by atoms with van der Waals surface area (Å²) in [7, 11) is 4.28. The van der Waals surface area contributed by atoms with Crippen molar-refractivity contribution in [1.29, 1.82) is 0 Å². The van der Waals surface area contributed by atoms with Crippen LogP contribution in [0.4, 0.5) is 0 Å². The van der Waals surface area contributed by atoms with Crippen molar-refractivity contribution in [3.05, 3.63) is 65.7 Å². The maximum absolute atomic E-state index is 12.4. The lowest BCUT2D eigenvalue weighted by Crippen LogP contribution is -2.40. The van der Waals surface area contributed by atoms with Crippen LogP contribution in [-0.2, 0) is 22.5 Å². The summed E-state index contributed by atoms with van der Waals surface area (Å²) in [5.74, 6) is 0.603. The van der Waals surface area contributed by atoms with Crippen LogP contribution in [0.25, 0.3) is 0 Å². The predicted molar refractivity (Wildman–Crippen MR) is 131 cm³/mol. The van der Waals surface area contributed by atoms with Gasteiger partial charge in [0.05, 0.1) is 27.1 Å². The molecule has 0 saturated heterocycles. The lowest BCUT2D eigenvalue weighted by Gasteiger charge is -2.29. The molecule has 0 aliphatic carbocycles. The number of aryl methyl sites for hydroxylation is 1. The molecule has 0 fully saturated rings. The molecule has 0 aliphatic heterocycles. The summed E-state index contributed by atoms with van der Waals surface area (Å²) >= 11 is 0. The van der Waals surface area contributed by atoms with Crippen molar-refractivity contribution in [2.45, 2.75) is 78.0 Å². The first-order chi connectivity index (χ1) is 15.4. The van der Waals surface area contributed by atoms with E-state index in [2.05, 4.69) is 39.2 Å². The van der Waals surface area contributed by atoms with Crippen LogP contribution in [0, 0.1) is 0 Å². The molecule has 2 rings (SSSR count). The van der Waals surface area contributed by atoms with Gasteiger partial charge in [-0.1, -0.05) is 87.6 Å². The topological polar surface area (TPSA) is 35.5 Å². The quantitative estimate of drug-likeness (QED) is 0.137. The first-order valence-electron chi connectivity index (χ1n) is 12.2. The Labute approximate surface area is 195 Å². The lowest BCUT2D eigenvalue weighted by atomic mass is 10.0. The summed E-state index contributed by atoms with van der Waals surface area (Å²) in [5.41, 5.74) is 2.45. The fourth-order valence-corrected chi connectivity index (χ4v) is 3.92. The van der Waals surface area contributed by atoms with Crippen molar-refractivity contribution in [2.75, 3.05) is 20.6 Å². The number of para-hydroxylation sites is 1. The van der Waals surface area contributed by atoms with Gasteiger partial charge in [0.2, 0.25) is 6.29 Å². The van der Waals surface area contributed by atoms with Gasteiger partial charge in [-0.15, -0.1) is 0 Å². The van der Waals surface area contributed by atoms with Crippen LogP contribution < -0.4 is 4.74 Å². The number of hydrogen-bond acceptors (Lipinski definition) is 3. The zero-order valence-electron chi connectivity index (χ0n) is 20.5. The number of ether oxygens (including phenoxy) is 2. The Morgan fingerprint density at radius 3 is 2.31 bits per heavy atom. The van der Waals surface area contributed by atoms with Gasteiger partial charge >= 0.3 is 5.97 Å². The highest BCUT2D eigenvalue weighted by molar-refractivity contribution is 5.69. The molecule has 0 bridgehead atoms. The Kier molecular flexibility index (Phi) is 11.3. The van der Waals surface area contributed by atoms with Gasteiger partial charge in [0.1, 0.15) is 12.3 Å². The van der Waals surface area contributed by atoms with E-state index in [0.29, 0.717) is 6.42 Å². The average Bonchev–Trinajstić information content (AvgIpc) is 2.76. The highest BCUT2D eigenvalue weighted by atomic mass is 16.7. The molecule has 2 aromatic rings. The number of quaternary nitrogens is 1. The zero-order valence-corrected chi connectivity index (χ0v) is 20.5. The minimum absolute atomic E-state index is 0.217. The second-order valence-corrected chi connectivity index (χ2v) is 9.35. The molecule has 0 amide bonds. The average molecular weight is 441 g/mol. The van der Waals surface area contributed by atoms with Gasteiger partial charge in [-0.2, -0.15) is 0 Å². The van der Waals surface area contributed by atoms with Crippen LogP contribution >= 0.6 is 0 Å². The second kappa shape index (κ2) is 13.9. The maximum Gasteiger partial charge on any atom is 0.314 e. The van der Waals surface area contributed by atoms with E-state index in [-0.39, 0.29) is 5.97 Å². The van der Waals surface area contributed by atoms with Gasteiger partial charge in [-0.3, -0.25) is 4.79 Å². The molecule has 176 valence electrons. The van der Waals surface area contributed by atoms with Crippen LogP contribution in [0.15, 0.2) is 54.6 Å². The van der Waals surface area contributed by atoms with Crippen molar-refractivity contribution in [2.24, 2.45) is 0 Å². The third-order valence-electron chi connectivity index (χ3n) is 5.74. The third-order valence-corrected chi connectivity index (χ3v) is 5.74. The largest absolute Gasteiger partial charge is 0.455 e. The van der Waals surface area contributed by atoms with E-state index in [1.165, 1.54) is 43.2 Å². The Bertz CT molecular complexity index is 788. The molecule has 0 aliphatic rings. The molecule has 1 atom stereocenters. The van der Waals surface area contributed by atoms with Crippen molar-refractivity contribution in [1.82, 2.24) is 0 Å². The summed E-state index contributed by atoms with van der Waals surface area (Å²) in [5, 5.41) is 0. The number of unbranched alkanes of at least 4 members (excludes halogenated alkanes) is 5. The molecule has 0 aromatic heterocycles. The van der Waals surface area contributed by atoms with Crippen molar-refractivity contribution in [3.63, 3.8) is 0 Å². The van der Waals surface area contributed by atoms with Crippen molar-refractivity contribution in [3.8, 4) is 5.75 Å². The molecule has 4 heteroatoms. The normalized spacial score (nSPS) is 12.4. The van der Waals surface area contributed by atoms with Gasteiger partial charge in [0, 0.05) is 12.5 Å². The fourth-order valence-electron chi connectivity index (χ4n) is 3.92. The molecule has 2 aromatic carbocycles. The van der Waals surface area contributed by atoms with E-state index in [0.717, 1.165) is 36.2 Å². The molecular formula is C28H42NO3+. The highest BCUT2D eigenvalue weighted by Crippen LogP contribution is 2.22. The Hall–Kier alpha value is -2.33. The number of benzene rings is 2. The molecular weight excluding hydrogens is 398 g/mol. The van der Waals surface area contributed by atoms with Crippen LogP contribution in [0.1, 0.15) is 69.9 Å². The summed E-state index contributed by atoms with van der Waals surface area (Å²) in [6.45, 7) is 5.64. The molecule has 0 N–H and O–H groups in total. The first-order valence-corrected chi connectivity index (χ1v) is 12.2. The molecule has 32 heavy (non-hydrogen) atoms. The lowest BCUT2D eigenvalue weighted by molar-refractivity contribution is -0.903. The standard InChI is InChI=1S/C28H42NO3/c1-5-6-7-8-9-13-18-26-19-14-15-20-27(26)31-24(2)32-28(30)21-22-29(3,4)23-25-16-11-10-12-17-25/h10-12,14-17,19-20,24H,5-9,13,18,21-23H2,1-4H3/q+1. The number of esters is 1. The van der Waals surface area contributed by atoms with E-state index in [1.54, 1.807) is 6.92 Å². The van der Waals surface area contributed by atoms with E-state index in [1.807, 2.05) is 36.4 Å². The van der Waals surface area contributed by atoms with Gasteiger partial charge in [-0.25, -0.2) is 0 Å².